The lowest BCUT2D eigenvalue weighted by molar-refractivity contribution is -0.125. The number of ether oxygens (including phenoxy) is 1. The second-order valence-corrected chi connectivity index (χ2v) is 7.70. The van der Waals surface area contributed by atoms with Gasteiger partial charge in [0.2, 0.25) is 5.91 Å². The normalized spacial score (nSPS) is 14.4. The van der Waals surface area contributed by atoms with Crippen molar-refractivity contribution in [2.75, 3.05) is 11.9 Å². The zero-order chi connectivity index (χ0) is 18.2. The first-order chi connectivity index (χ1) is 11.8. The van der Waals surface area contributed by atoms with Crippen molar-refractivity contribution in [1.82, 2.24) is 14.8 Å². The van der Waals surface area contributed by atoms with Crippen molar-refractivity contribution in [2.24, 2.45) is 12.5 Å². The smallest absolute Gasteiger partial charge is 0.232 e. The third kappa shape index (κ3) is 3.83. The van der Waals surface area contributed by atoms with Crippen LogP contribution in [0.4, 0.5) is 5.69 Å². The van der Waals surface area contributed by atoms with Crippen molar-refractivity contribution in [3.63, 3.8) is 0 Å². The van der Waals surface area contributed by atoms with Gasteiger partial charge in [0.1, 0.15) is 18.2 Å². The predicted octanol–water partition coefficient (Wildman–Crippen LogP) is 3.28. The summed E-state index contributed by atoms with van der Waals surface area (Å²) in [5, 5.41) is 8.48. The molecule has 2 aromatic rings. The van der Waals surface area contributed by atoms with E-state index in [9.17, 15) is 4.79 Å². The summed E-state index contributed by atoms with van der Waals surface area (Å²) in [6, 6.07) is 7.54. The molecule has 0 spiro atoms. The fraction of sp³-hybridized carbons (Fsp3) is 0.526. The van der Waals surface area contributed by atoms with E-state index in [1.54, 1.807) is 11.9 Å². The van der Waals surface area contributed by atoms with Crippen LogP contribution in [0.25, 0.3) is 0 Å². The molecule has 1 aliphatic carbocycles. The number of benzene rings is 1. The lowest BCUT2D eigenvalue weighted by atomic mass is 9.95. The van der Waals surface area contributed by atoms with E-state index in [2.05, 4.69) is 10.2 Å². The Morgan fingerprint density at radius 3 is 2.44 bits per heavy atom. The van der Waals surface area contributed by atoms with Crippen LogP contribution in [0, 0.1) is 5.41 Å². The van der Waals surface area contributed by atoms with Gasteiger partial charge in [-0.05, 0) is 37.1 Å². The molecule has 1 saturated carbocycles. The summed E-state index contributed by atoms with van der Waals surface area (Å²) in [7, 11) is 3.78. The molecular weight excluding hydrogens is 316 g/mol. The highest BCUT2D eigenvalue weighted by atomic mass is 16.5. The molecule has 1 heterocycles. The van der Waals surface area contributed by atoms with Crippen molar-refractivity contribution in [3.05, 3.63) is 35.9 Å². The summed E-state index contributed by atoms with van der Waals surface area (Å²) in [5.41, 5.74) is 0.441. The minimum atomic E-state index is -0.408. The highest BCUT2D eigenvalue weighted by Crippen LogP contribution is 2.38. The molecule has 6 heteroatoms. The molecule has 134 valence electrons. The largest absolute Gasteiger partial charge is 0.486 e. The summed E-state index contributed by atoms with van der Waals surface area (Å²) in [6.07, 6.45) is 2.41. The average molecular weight is 342 g/mol. The van der Waals surface area contributed by atoms with Crippen LogP contribution in [0.3, 0.4) is 0 Å². The summed E-state index contributed by atoms with van der Waals surface area (Å²) >= 11 is 0. The fourth-order valence-corrected chi connectivity index (χ4v) is 2.73. The number of amides is 1. The number of carbonyl (C=O) groups excluding carboxylic acids is 1. The van der Waals surface area contributed by atoms with E-state index in [1.165, 1.54) is 12.8 Å². The first kappa shape index (κ1) is 17.5. The number of rotatable bonds is 5. The Hall–Kier alpha value is -2.37. The minimum Gasteiger partial charge on any atom is -0.486 e. The molecule has 0 aliphatic heterocycles. The van der Waals surface area contributed by atoms with E-state index < -0.39 is 5.41 Å². The number of aromatic nitrogens is 3. The van der Waals surface area contributed by atoms with Crippen molar-refractivity contribution in [2.45, 2.75) is 46.1 Å². The van der Waals surface area contributed by atoms with Crippen LogP contribution in [0.1, 0.15) is 51.2 Å². The van der Waals surface area contributed by atoms with Crippen molar-refractivity contribution in [3.8, 4) is 5.75 Å². The Kier molecular flexibility index (Phi) is 4.54. The van der Waals surface area contributed by atoms with Gasteiger partial charge in [-0.2, -0.15) is 0 Å². The van der Waals surface area contributed by atoms with Gasteiger partial charge in [0, 0.05) is 31.1 Å². The van der Waals surface area contributed by atoms with Gasteiger partial charge in [-0.3, -0.25) is 4.79 Å². The Balaban J connectivity index is 1.62. The van der Waals surface area contributed by atoms with Gasteiger partial charge in [0.25, 0.3) is 0 Å². The second kappa shape index (κ2) is 6.50. The van der Waals surface area contributed by atoms with E-state index in [0.29, 0.717) is 12.5 Å². The first-order valence-corrected chi connectivity index (χ1v) is 8.66. The Morgan fingerprint density at radius 2 is 1.88 bits per heavy atom. The van der Waals surface area contributed by atoms with Crippen molar-refractivity contribution >= 4 is 11.6 Å². The number of nitrogens with zero attached hydrogens (tertiary/aromatic N) is 4. The quantitative estimate of drug-likeness (QED) is 0.837. The third-order valence-corrected chi connectivity index (χ3v) is 4.48. The summed E-state index contributed by atoms with van der Waals surface area (Å²) in [6.45, 7) is 6.13. The van der Waals surface area contributed by atoms with Crippen LogP contribution in [-0.4, -0.2) is 27.7 Å². The topological polar surface area (TPSA) is 60.3 Å². The standard InChI is InChI=1S/C19H26N4O2/c1-19(2,3)18(24)22(4)14-8-10-15(11-9-14)25-12-16-20-21-17(23(16)5)13-6-7-13/h8-11,13H,6-7,12H2,1-5H3. The zero-order valence-corrected chi connectivity index (χ0v) is 15.6. The molecule has 0 bridgehead atoms. The van der Waals surface area contributed by atoms with E-state index in [0.717, 1.165) is 23.1 Å². The van der Waals surface area contributed by atoms with E-state index in [-0.39, 0.29) is 5.91 Å². The molecule has 1 aliphatic rings. The van der Waals surface area contributed by atoms with Gasteiger partial charge in [-0.15, -0.1) is 10.2 Å². The van der Waals surface area contributed by atoms with Crippen LogP contribution < -0.4 is 9.64 Å². The lowest BCUT2D eigenvalue weighted by Gasteiger charge is -2.26. The molecule has 0 N–H and O–H groups in total. The Morgan fingerprint density at radius 1 is 1.24 bits per heavy atom. The Labute approximate surface area is 148 Å². The highest BCUT2D eigenvalue weighted by molar-refractivity contribution is 5.96. The minimum absolute atomic E-state index is 0.0767. The molecule has 1 aromatic heterocycles. The van der Waals surface area contributed by atoms with Crippen LogP contribution in [0.2, 0.25) is 0 Å². The van der Waals surface area contributed by atoms with Crippen LogP contribution in [-0.2, 0) is 18.4 Å². The molecule has 1 amide bonds. The fourth-order valence-electron chi connectivity index (χ4n) is 2.73. The molecule has 0 unspecified atom stereocenters. The summed E-state index contributed by atoms with van der Waals surface area (Å²) in [5.74, 6) is 3.27. The van der Waals surface area contributed by atoms with Gasteiger partial charge in [-0.1, -0.05) is 20.8 Å². The molecule has 0 saturated heterocycles. The number of anilines is 1. The predicted molar refractivity (Wildman–Crippen MR) is 96.6 cm³/mol. The van der Waals surface area contributed by atoms with Crippen LogP contribution in [0.5, 0.6) is 5.75 Å². The summed E-state index contributed by atoms with van der Waals surface area (Å²) in [4.78, 5) is 14.0. The van der Waals surface area contributed by atoms with Gasteiger partial charge in [-0.25, -0.2) is 0 Å². The molecule has 6 nitrogen and oxygen atoms in total. The second-order valence-electron chi connectivity index (χ2n) is 7.70. The molecule has 25 heavy (non-hydrogen) atoms. The van der Waals surface area contributed by atoms with E-state index in [1.807, 2.05) is 56.7 Å². The maximum Gasteiger partial charge on any atom is 0.232 e. The van der Waals surface area contributed by atoms with Gasteiger partial charge in [0.05, 0.1) is 0 Å². The van der Waals surface area contributed by atoms with Crippen molar-refractivity contribution in [1.29, 1.82) is 0 Å². The number of carbonyl (C=O) groups is 1. The van der Waals surface area contributed by atoms with Crippen LogP contribution >= 0.6 is 0 Å². The maximum absolute atomic E-state index is 12.3. The average Bonchev–Trinajstić information content (AvgIpc) is 3.35. The molecule has 1 aromatic carbocycles. The zero-order valence-electron chi connectivity index (χ0n) is 15.6. The molecular formula is C19H26N4O2. The number of hydrogen-bond acceptors (Lipinski definition) is 4. The Bertz CT molecular complexity index is 755. The molecule has 3 rings (SSSR count). The first-order valence-electron chi connectivity index (χ1n) is 8.66. The van der Waals surface area contributed by atoms with Gasteiger partial charge < -0.3 is 14.2 Å². The van der Waals surface area contributed by atoms with E-state index >= 15 is 0 Å². The third-order valence-electron chi connectivity index (χ3n) is 4.48. The van der Waals surface area contributed by atoms with Gasteiger partial charge in [0.15, 0.2) is 5.82 Å². The molecule has 0 atom stereocenters. The SMILES string of the molecule is CN(C(=O)C(C)(C)C)c1ccc(OCc2nnc(C3CC3)n2C)cc1. The molecule has 1 fully saturated rings. The highest BCUT2D eigenvalue weighted by Gasteiger charge is 2.29. The van der Waals surface area contributed by atoms with Crippen LogP contribution in [0.15, 0.2) is 24.3 Å². The van der Waals surface area contributed by atoms with Gasteiger partial charge >= 0.3 is 0 Å². The monoisotopic (exact) mass is 342 g/mol. The summed E-state index contributed by atoms with van der Waals surface area (Å²) < 4.78 is 7.85. The molecule has 0 radical (unpaired) electrons. The number of hydrogen-bond donors (Lipinski definition) is 0. The van der Waals surface area contributed by atoms with E-state index in [4.69, 9.17) is 4.74 Å². The lowest BCUT2D eigenvalue weighted by Crippen LogP contribution is -2.36. The van der Waals surface area contributed by atoms with Crippen molar-refractivity contribution < 1.29 is 9.53 Å². The maximum atomic E-state index is 12.3.